The van der Waals surface area contributed by atoms with Crippen LogP contribution in [0.1, 0.15) is 0 Å². The Bertz CT molecular complexity index is 2350. The van der Waals surface area contributed by atoms with E-state index in [4.69, 9.17) is 8.83 Å². The van der Waals surface area contributed by atoms with Gasteiger partial charge in [-0.05, 0) is 47.9 Å². The molecule has 0 radical (unpaired) electrons. The van der Waals surface area contributed by atoms with Crippen molar-refractivity contribution in [2.45, 2.75) is 0 Å². The molecule has 0 saturated carbocycles. The van der Waals surface area contributed by atoms with Crippen LogP contribution in [0.15, 0.2) is 124 Å². The summed E-state index contributed by atoms with van der Waals surface area (Å²) in [6, 6.07) is 40.4. The molecule has 0 aliphatic rings. The van der Waals surface area contributed by atoms with E-state index in [1.165, 1.54) is 27.1 Å². The maximum absolute atomic E-state index is 6.75. The molecule has 0 bridgehead atoms. The summed E-state index contributed by atoms with van der Waals surface area (Å²) in [6.07, 6.45) is 0. The second-order valence-electron chi connectivity index (χ2n) is 9.70. The SMILES string of the molecule is c1ccc(-n2c3ccccc3c3ccc4c(oc5ccc6ccc7oc8ccccc8c7c6c54)c32)cc1. The Morgan fingerprint density at radius 2 is 1.11 bits per heavy atom. The van der Waals surface area contributed by atoms with E-state index in [1.54, 1.807) is 0 Å². The molecular formula is C34H19NO2. The van der Waals surface area contributed by atoms with Gasteiger partial charge in [-0.2, -0.15) is 0 Å². The highest BCUT2D eigenvalue weighted by atomic mass is 16.3. The van der Waals surface area contributed by atoms with Crippen LogP contribution >= 0.6 is 0 Å². The maximum atomic E-state index is 6.75. The summed E-state index contributed by atoms with van der Waals surface area (Å²) in [5, 5.41) is 9.29. The van der Waals surface area contributed by atoms with Gasteiger partial charge in [-0.1, -0.05) is 72.8 Å². The van der Waals surface area contributed by atoms with Crippen molar-refractivity contribution < 1.29 is 8.83 Å². The molecule has 0 aliphatic heterocycles. The Morgan fingerprint density at radius 3 is 1.97 bits per heavy atom. The molecule has 0 atom stereocenters. The number of hydrogen-bond acceptors (Lipinski definition) is 2. The number of fused-ring (bicyclic) bond motifs is 13. The minimum atomic E-state index is 0.887. The van der Waals surface area contributed by atoms with Gasteiger partial charge in [0.1, 0.15) is 16.7 Å². The van der Waals surface area contributed by atoms with Crippen LogP contribution in [-0.2, 0) is 0 Å². The third kappa shape index (κ3) is 2.41. The fourth-order valence-corrected chi connectivity index (χ4v) is 6.25. The van der Waals surface area contributed by atoms with E-state index in [-0.39, 0.29) is 0 Å². The van der Waals surface area contributed by atoms with Gasteiger partial charge in [0, 0.05) is 43.4 Å². The van der Waals surface area contributed by atoms with Crippen LogP contribution in [0.3, 0.4) is 0 Å². The number of nitrogens with zero attached hydrogens (tertiary/aromatic N) is 1. The average molecular weight is 474 g/mol. The normalized spacial score (nSPS) is 12.3. The Kier molecular flexibility index (Phi) is 3.53. The molecule has 9 rings (SSSR count). The van der Waals surface area contributed by atoms with Crippen molar-refractivity contribution >= 4 is 76.5 Å². The second kappa shape index (κ2) is 6.80. The van der Waals surface area contributed by atoms with Crippen molar-refractivity contribution in [3.05, 3.63) is 115 Å². The van der Waals surface area contributed by atoms with E-state index in [2.05, 4.69) is 108 Å². The monoisotopic (exact) mass is 473 g/mol. The molecule has 3 aromatic heterocycles. The van der Waals surface area contributed by atoms with E-state index >= 15 is 0 Å². The van der Waals surface area contributed by atoms with Crippen LogP contribution in [0.2, 0.25) is 0 Å². The molecule has 3 nitrogen and oxygen atoms in total. The summed E-state index contributed by atoms with van der Waals surface area (Å²) in [6.45, 7) is 0. The van der Waals surface area contributed by atoms with Gasteiger partial charge in [0.2, 0.25) is 0 Å². The van der Waals surface area contributed by atoms with E-state index in [0.717, 1.165) is 55.1 Å². The number of furan rings is 2. The number of aromatic nitrogens is 1. The molecule has 172 valence electrons. The molecule has 0 spiro atoms. The van der Waals surface area contributed by atoms with Gasteiger partial charge in [-0.15, -0.1) is 0 Å². The first-order valence-electron chi connectivity index (χ1n) is 12.5. The molecule has 0 N–H and O–H groups in total. The van der Waals surface area contributed by atoms with Crippen molar-refractivity contribution in [2.75, 3.05) is 0 Å². The predicted octanol–water partition coefficient (Wildman–Crippen LogP) is 9.74. The summed E-state index contributed by atoms with van der Waals surface area (Å²) in [4.78, 5) is 0. The second-order valence-corrected chi connectivity index (χ2v) is 9.70. The number of rotatable bonds is 1. The largest absolute Gasteiger partial charge is 0.456 e. The lowest BCUT2D eigenvalue weighted by Crippen LogP contribution is -1.93. The molecule has 6 aromatic carbocycles. The van der Waals surface area contributed by atoms with E-state index < -0.39 is 0 Å². The summed E-state index contributed by atoms with van der Waals surface area (Å²) < 4.78 is 15.3. The summed E-state index contributed by atoms with van der Waals surface area (Å²) in [7, 11) is 0. The smallest absolute Gasteiger partial charge is 0.160 e. The standard InChI is InChI=1S/C34H19NO2/c1-2-8-21(9-3-1)35-26-12-6-4-10-22(26)23-16-17-25-32-29(37-34(25)33(23)35)19-15-20-14-18-28-31(30(20)32)24-11-5-7-13-27(24)36-28/h1-19H. The van der Waals surface area contributed by atoms with Crippen molar-refractivity contribution in [2.24, 2.45) is 0 Å². The van der Waals surface area contributed by atoms with E-state index in [1.807, 2.05) is 12.1 Å². The van der Waals surface area contributed by atoms with Gasteiger partial charge in [0.05, 0.1) is 11.0 Å². The Hall–Kier alpha value is -5.02. The average Bonchev–Trinajstić information content (AvgIpc) is 3.62. The summed E-state index contributed by atoms with van der Waals surface area (Å²) >= 11 is 0. The molecule has 0 saturated heterocycles. The van der Waals surface area contributed by atoms with Crippen LogP contribution < -0.4 is 0 Å². The summed E-state index contributed by atoms with van der Waals surface area (Å²) in [5.41, 5.74) is 6.98. The lowest BCUT2D eigenvalue weighted by molar-refractivity contribution is 0.669. The minimum absolute atomic E-state index is 0.887. The Labute approximate surface area is 210 Å². The fourth-order valence-electron chi connectivity index (χ4n) is 6.25. The topological polar surface area (TPSA) is 31.2 Å². The highest BCUT2D eigenvalue weighted by Gasteiger charge is 2.21. The van der Waals surface area contributed by atoms with Gasteiger partial charge < -0.3 is 13.4 Å². The van der Waals surface area contributed by atoms with Crippen molar-refractivity contribution in [3.63, 3.8) is 0 Å². The fraction of sp³-hybridized carbons (Fsp3) is 0. The van der Waals surface area contributed by atoms with Crippen LogP contribution in [-0.4, -0.2) is 4.57 Å². The number of hydrogen-bond donors (Lipinski definition) is 0. The molecule has 0 unspecified atom stereocenters. The third-order valence-electron chi connectivity index (χ3n) is 7.77. The van der Waals surface area contributed by atoms with E-state index in [9.17, 15) is 0 Å². The molecule has 0 amide bonds. The summed E-state index contributed by atoms with van der Waals surface area (Å²) in [5.74, 6) is 0. The van der Waals surface area contributed by atoms with Crippen molar-refractivity contribution in [1.29, 1.82) is 0 Å². The highest BCUT2D eigenvalue weighted by Crippen LogP contribution is 2.45. The minimum Gasteiger partial charge on any atom is -0.456 e. The molecular weight excluding hydrogens is 454 g/mol. The highest BCUT2D eigenvalue weighted by molar-refractivity contribution is 6.33. The van der Waals surface area contributed by atoms with Crippen LogP contribution in [0.25, 0.3) is 82.1 Å². The molecule has 3 heteroatoms. The first-order chi connectivity index (χ1) is 18.4. The number of benzene rings is 6. The Morgan fingerprint density at radius 1 is 0.432 bits per heavy atom. The van der Waals surface area contributed by atoms with E-state index in [0.29, 0.717) is 0 Å². The van der Waals surface area contributed by atoms with Gasteiger partial charge >= 0.3 is 0 Å². The number of para-hydroxylation sites is 3. The molecule has 0 fully saturated rings. The predicted molar refractivity (Wildman–Crippen MR) is 153 cm³/mol. The first-order valence-corrected chi connectivity index (χ1v) is 12.5. The van der Waals surface area contributed by atoms with Crippen LogP contribution in [0, 0.1) is 0 Å². The quantitative estimate of drug-likeness (QED) is 0.238. The lowest BCUT2D eigenvalue weighted by atomic mass is 9.98. The van der Waals surface area contributed by atoms with Gasteiger partial charge in [0.15, 0.2) is 5.58 Å². The molecule has 3 heterocycles. The molecule has 37 heavy (non-hydrogen) atoms. The third-order valence-corrected chi connectivity index (χ3v) is 7.77. The van der Waals surface area contributed by atoms with Gasteiger partial charge in [0.25, 0.3) is 0 Å². The maximum Gasteiger partial charge on any atom is 0.160 e. The van der Waals surface area contributed by atoms with Crippen molar-refractivity contribution in [3.8, 4) is 5.69 Å². The van der Waals surface area contributed by atoms with Gasteiger partial charge in [-0.3, -0.25) is 0 Å². The van der Waals surface area contributed by atoms with Crippen molar-refractivity contribution in [1.82, 2.24) is 4.57 Å². The molecule has 0 aliphatic carbocycles. The van der Waals surface area contributed by atoms with Crippen LogP contribution in [0.4, 0.5) is 0 Å². The zero-order valence-corrected chi connectivity index (χ0v) is 19.7. The first kappa shape index (κ1) is 19.2. The Balaban J connectivity index is 1.55. The van der Waals surface area contributed by atoms with Crippen LogP contribution in [0.5, 0.6) is 0 Å². The van der Waals surface area contributed by atoms with Gasteiger partial charge in [-0.25, -0.2) is 0 Å². The zero-order chi connectivity index (χ0) is 24.1. The molecule has 9 aromatic rings. The zero-order valence-electron chi connectivity index (χ0n) is 19.7. The lowest BCUT2D eigenvalue weighted by Gasteiger charge is -2.07.